The number of rotatable bonds is 4. The number of furan rings is 1. The second kappa shape index (κ2) is 7.34. The van der Waals surface area contributed by atoms with Gasteiger partial charge in [0.25, 0.3) is 0 Å². The van der Waals surface area contributed by atoms with Gasteiger partial charge in [-0.05, 0) is 30.7 Å². The molecule has 3 aromatic carbocycles. The molecule has 30 heavy (non-hydrogen) atoms. The van der Waals surface area contributed by atoms with E-state index in [2.05, 4.69) is 5.32 Å². The fraction of sp³-hybridized carbons (Fsp3) is 0.200. The first-order valence-corrected chi connectivity index (χ1v) is 10.2. The molecule has 2 unspecified atom stereocenters. The van der Waals surface area contributed by atoms with Gasteiger partial charge in [-0.15, -0.1) is 0 Å². The van der Waals surface area contributed by atoms with Crippen LogP contribution in [0.15, 0.2) is 77.2 Å². The molecule has 0 bridgehead atoms. The first-order valence-electron chi connectivity index (χ1n) is 10.2. The highest BCUT2D eigenvalue weighted by Crippen LogP contribution is 2.32. The lowest BCUT2D eigenvalue weighted by molar-refractivity contribution is -0.129. The van der Waals surface area contributed by atoms with Gasteiger partial charge in [-0.2, -0.15) is 0 Å². The first-order chi connectivity index (χ1) is 14.6. The topological polar surface area (TPSA) is 62.6 Å². The molecule has 1 N–H and O–H groups in total. The van der Waals surface area contributed by atoms with Crippen molar-refractivity contribution in [1.82, 2.24) is 4.90 Å². The molecule has 5 nitrogen and oxygen atoms in total. The van der Waals surface area contributed by atoms with E-state index < -0.39 is 0 Å². The Morgan fingerprint density at radius 2 is 1.73 bits per heavy atom. The molecule has 0 radical (unpaired) electrons. The normalized spacial score (nSPS) is 17.6. The Morgan fingerprint density at radius 3 is 2.57 bits per heavy atom. The molecule has 1 aliphatic rings. The van der Waals surface area contributed by atoms with Crippen LogP contribution in [0.25, 0.3) is 21.9 Å². The average molecular weight is 398 g/mol. The summed E-state index contributed by atoms with van der Waals surface area (Å²) in [5.41, 5.74) is 3.30. The van der Waals surface area contributed by atoms with Crippen LogP contribution in [0.5, 0.6) is 0 Å². The van der Waals surface area contributed by atoms with Crippen molar-refractivity contribution in [3.05, 3.63) is 78.4 Å². The van der Waals surface area contributed by atoms with Crippen molar-refractivity contribution in [3.8, 4) is 0 Å². The summed E-state index contributed by atoms with van der Waals surface area (Å²) in [6.45, 7) is 2.43. The molecule has 150 valence electrons. The van der Waals surface area contributed by atoms with E-state index in [9.17, 15) is 9.59 Å². The van der Waals surface area contributed by atoms with Gasteiger partial charge in [0.05, 0.1) is 12.0 Å². The second-order valence-corrected chi connectivity index (χ2v) is 7.83. The molecule has 1 aromatic heterocycles. The van der Waals surface area contributed by atoms with Gasteiger partial charge >= 0.3 is 0 Å². The Kier molecular flexibility index (Phi) is 4.51. The zero-order chi connectivity index (χ0) is 20.7. The Hall–Kier alpha value is -3.60. The molecular weight excluding hydrogens is 376 g/mol. The standard InChI is InChI=1S/C25H22N2O3/c1-16(17-7-3-2-4-8-17)27-15-18(13-24(27)28)25(29)26-19-11-12-21-20-9-5-6-10-22(20)30-23(21)14-19/h2-12,14,16,18H,13,15H2,1H3,(H,26,29). The summed E-state index contributed by atoms with van der Waals surface area (Å²) in [5, 5.41) is 5.03. The Balaban J connectivity index is 1.32. The molecule has 2 amide bonds. The SMILES string of the molecule is CC(c1ccccc1)N1CC(C(=O)Nc2ccc3c(c2)oc2ccccc23)CC1=O. The highest BCUT2D eigenvalue weighted by molar-refractivity contribution is 6.06. The van der Waals surface area contributed by atoms with Crippen LogP contribution >= 0.6 is 0 Å². The van der Waals surface area contributed by atoms with E-state index in [-0.39, 0.29) is 30.2 Å². The predicted molar refractivity (Wildman–Crippen MR) is 117 cm³/mol. The van der Waals surface area contributed by atoms with Crippen LogP contribution in [-0.2, 0) is 9.59 Å². The number of para-hydroxylation sites is 1. The Labute approximate surface area is 174 Å². The largest absolute Gasteiger partial charge is 0.456 e. The second-order valence-electron chi connectivity index (χ2n) is 7.83. The summed E-state index contributed by atoms with van der Waals surface area (Å²) >= 11 is 0. The maximum absolute atomic E-state index is 12.9. The smallest absolute Gasteiger partial charge is 0.229 e. The number of amides is 2. The van der Waals surface area contributed by atoms with E-state index in [0.717, 1.165) is 27.5 Å². The molecule has 2 atom stereocenters. The summed E-state index contributed by atoms with van der Waals surface area (Å²) < 4.78 is 5.90. The monoisotopic (exact) mass is 398 g/mol. The van der Waals surface area contributed by atoms with Crippen molar-refractivity contribution in [3.63, 3.8) is 0 Å². The van der Waals surface area contributed by atoms with Gasteiger partial charge in [-0.25, -0.2) is 0 Å². The molecule has 1 fully saturated rings. The number of benzene rings is 3. The van der Waals surface area contributed by atoms with Crippen molar-refractivity contribution >= 4 is 39.4 Å². The lowest BCUT2D eigenvalue weighted by atomic mass is 10.1. The molecular formula is C25H22N2O3. The van der Waals surface area contributed by atoms with E-state index in [0.29, 0.717) is 12.2 Å². The highest BCUT2D eigenvalue weighted by Gasteiger charge is 2.37. The van der Waals surface area contributed by atoms with Crippen LogP contribution in [0, 0.1) is 5.92 Å². The van der Waals surface area contributed by atoms with Crippen LogP contribution in [0.1, 0.15) is 24.9 Å². The van der Waals surface area contributed by atoms with Crippen molar-refractivity contribution in [2.24, 2.45) is 5.92 Å². The van der Waals surface area contributed by atoms with Crippen molar-refractivity contribution < 1.29 is 14.0 Å². The molecule has 4 aromatic rings. The number of carbonyl (C=O) groups is 2. The number of fused-ring (bicyclic) bond motifs is 3. The maximum atomic E-state index is 12.9. The molecule has 1 aliphatic heterocycles. The van der Waals surface area contributed by atoms with Gasteiger partial charge in [-0.3, -0.25) is 9.59 Å². The van der Waals surface area contributed by atoms with Gasteiger partial charge in [0, 0.05) is 35.5 Å². The van der Waals surface area contributed by atoms with Crippen LogP contribution in [0.4, 0.5) is 5.69 Å². The fourth-order valence-corrected chi connectivity index (χ4v) is 4.24. The third-order valence-corrected chi connectivity index (χ3v) is 5.93. The lowest BCUT2D eigenvalue weighted by Crippen LogP contribution is -2.30. The van der Waals surface area contributed by atoms with E-state index in [1.54, 1.807) is 4.90 Å². The summed E-state index contributed by atoms with van der Waals surface area (Å²) in [4.78, 5) is 27.2. The third-order valence-electron chi connectivity index (χ3n) is 5.93. The van der Waals surface area contributed by atoms with Crippen molar-refractivity contribution in [2.75, 3.05) is 11.9 Å². The molecule has 0 aliphatic carbocycles. The van der Waals surface area contributed by atoms with Crippen molar-refractivity contribution in [1.29, 1.82) is 0 Å². The van der Waals surface area contributed by atoms with Gasteiger partial charge < -0.3 is 14.6 Å². The predicted octanol–water partition coefficient (Wildman–Crippen LogP) is 5.13. The molecule has 5 rings (SSSR count). The summed E-state index contributed by atoms with van der Waals surface area (Å²) in [6.07, 6.45) is 0.232. The van der Waals surface area contributed by atoms with Gasteiger partial charge in [0.2, 0.25) is 11.8 Å². The Bertz CT molecular complexity index is 1250. The van der Waals surface area contributed by atoms with Gasteiger partial charge in [-0.1, -0.05) is 48.5 Å². The summed E-state index contributed by atoms with van der Waals surface area (Å²) in [6, 6.07) is 23.4. The summed E-state index contributed by atoms with van der Waals surface area (Å²) in [7, 11) is 0. The molecule has 5 heteroatoms. The first kappa shape index (κ1) is 18.4. The van der Waals surface area contributed by atoms with Crippen molar-refractivity contribution in [2.45, 2.75) is 19.4 Å². The minimum absolute atomic E-state index is 0.0132. The molecule has 1 saturated heterocycles. The number of nitrogens with zero attached hydrogens (tertiary/aromatic N) is 1. The van der Waals surface area contributed by atoms with Crippen LogP contribution in [0.3, 0.4) is 0 Å². The number of hydrogen-bond acceptors (Lipinski definition) is 3. The lowest BCUT2D eigenvalue weighted by Gasteiger charge is -2.25. The fourth-order valence-electron chi connectivity index (χ4n) is 4.24. The Morgan fingerprint density at radius 1 is 1.00 bits per heavy atom. The highest BCUT2D eigenvalue weighted by atomic mass is 16.3. The molecule has 2 heterocycles. The number of nitrogens with one attached hydrogen (secondary N) is 1. The zero-order valence-electron chi connectivity index (χ0n) is 16.7. The quantitative estimate of drug-likeness (QED) is 0.518. The molecule has 0 spiro atoms. The van der Waals surface area contributed by atoms with E-state index >= 15 is 0 Å². The zero-order valence-corrected chi connectivity index (χ0v) is 16.7. The molecule has 0 saturated carbocycles. The van der Waals surface area contributed by atoms with Gasteiger partial charge in [0.15, 0.2) is 0 Å². The van der Waals surface area contributed by atoms with E-state index in [1.807, 2.05) is 79.7 Å². The summed E-state index contributed by atoms with van der Waals surface area (Å²) in [5.74, 6) is -0.490. The average Bonchev–Trinajstić information content (AvgIpc) is 3.34. The number of hydrogen-bond donors (Lipinski definition) is 1. The number of carbonyl (C=O) groups excluding carboxylic acids is 2. The van der Waals surface area contributed by atoms with Crippen LogP contribution in [0.2, 0.25) is 0 Å². The number of likely N-dealkylation sites (tertiary alicyclic amines) is 1. The van der Waals surface area contributed by atoms with Crippen LogP contribution < -0.4 is 5.32 Å². The minimum Gasteiger partial charge on any atom is -0.456 e. The minimum atomic E-state index is -0.366. The maximum Gasteiger partial charge on any atom is 0.229 e. The van der Waals surface area contributed by atoms with Crippen LogP contribution in [-0.4, -0.2) is 23.3 Å². The third kappa shape index (κ3) is 3.22. The van der Waals surface area contributed by atoms with E-state index in [1.165, 1.54) is 0 Å². The number of anilines is 1. The van der Waals surface area contributed by atoms with E-state index in [4.69, 9.17) is 4.42 Å². The van der Waals surface area contributed by atoms with Gasteiger partial charge in [0.1, 0.15) is 11.2 Å².